The van der Waals surface area contributed by atoms with Crippen molar-refractivity contribution in [1.82, 2.24) is 20.0 Å². The summed E-state index contributed by atoms with van der Waals surface area (Å²) in [7, 11) is 0. The Kier molecular flexibility index (Phi) is 4.11. The molecule has 25 heavy (non-hydrogen) atoms. The van der Waals surface area contributed by atoms with Crippen LogP contribution in [0, 0.1) is 0 Å². The maximum absolute atomic E-state index is 12.5. The van der Waals surface area contributed by atoms with Crippen LogP contribution >= 0.6 is 0 Å². The monoisotopic (exact) mass is 352 g/mol. The van der Waals surface area contributed by atoms with Gasteiger partial charge in [-0.15, -0.1) is 5.10 Å². The molecule has 0 fully saturated rings. The van der Waals surface area contributed by atoms with Crippen LogP contribution in [-0.2, 0) is 12.7 Å². The van der Waals surface area contributed by atoms with Gasteiger partial charge in [-0.1, -0.05) is 5.21 Å². The highest BCUT2D eigenvalue weighted by Crippen LogP contribution is 2.30. The zero-order chi connectivity index (χ0) is 18.2. The van der Waals surface area contributed by atoms with E-state index in [4.69, 9.17) is 4.74 Å². The number of hydrogen-bond acceptors (Lipinski definition) is 5. The first-order valence-corrected chi connectivity index (χ1v) is 7.38. The van der Waals surface area contributed by atoms with E-state index in [9.17, 15) is 18.3 Å². The minimum absolute atomic E-state index is 0.0360. The predicted molar refractivity (Wildman–Crippen MR) is 83.1 cm³/mol. The Morgan fingerprint density at radius 1 is 1.16 bits per heavy atom. The standard InChI is InChI=1S/C16H15F3N4O2/c1-15(2,24)9-23-13-7-11(4-5-12(13)21-22-23)25-14-6-3-10(8-20-14)16(17,18)19/h3-8,24H,9H2,1-2H3. The van der Waals surface area contributed by atoms with Crippen molar-refractivity contribution in [2.75, 3.05) is 0 Å². The van der Waals surface area contributed by atoms with Crippen molar-refractivity contribution >= 4 is 11.0 Å². The number of fused-ring (bicyclic) bond motifs is 1. The van der Waals surface area contributed by atoms with Gasteiger partial charge in [-0.05, 0) is 32.0 Å². The first-order valence-electron chi connectivity index (χ1n) is 7.38. The molecule has 0 aliphatic heterocycles. The van der Waals surface area contributed by atoms with Crippen molar-refractivity contribution in [1.29, 1.82) is 0 Å². The summed E-state index contributed by atoms with van der Waals surface area (Å²) in [6, 6.07) is 6.98. The fourth-order valence-electron chi connectivity index (χ4n) is 2.22. The van der Waals surface area contributed by atoms with Gasteiger partial charge in [0.2, 0.25) is 5.88 Å². The number of halogens is 3. The first-order chi connectivity index (χ1) is 11.6. The summed E-state index contributed by atoms with van der Waals surface area (Å²) in [6.07, 6.45) is -3.73. The molecule has 0 radical (unpaired) electrons. The van der Waals surface area contributed by atoms with Crippen LogP contribution in [0.4, 0.5) is 13.2 Å². The molecule has 9 heteroatoms. The topological polar surface area (TPSA) is 73.1 Å². The third-order valence-electron chi connectivity index (χ3n) is 3.31. The van der Waals surface area contributed by atoms with Crippen molar-refractivity contribution < 1.29 is 23.0 Å². The highest BCUT2D eigenvalue weighted by molar-refractivity contribution is 5.76. The highest BCUT2D eigenvalue weighted by atomic mass is 19.4. The zero-order valence-electron chi connectivity index (χ0n) is 13.4. The van der Waals surface area contributed by atoms with E-state index in [0.717, 1.165) is 12.1 Å². The van der Waals surface area contributed by atoms with Crippen molar-refractivity contribution in [3.8, 4) is 11.6 Å². The third kappa shape index (κ3) is 4.05. The third-order valence-corrected chi connectivity index (χ3v) is 3.31. The average Bonchev–Trinajstić information content (AvgIpc) is 2.88. The average molecular weight is 352 g/mol. The molecule has 0 saturated carbocycles. The number of nitrogens with zero attached hydrogens (tertiary/aromatic N) is 4. The van der Waals surface area contributed by atoms with Gasteiger partial charge in [0.05, 0.1) is 23.2 Å². The second-order valence-electron chi connectivity index (χ2n) is 6.19. The summed E-state index contributed by atoms with van der Waals surface area (Å²) in [5, 5.41) is 17.9. The molecule has 0 spiro atoms. The Bertz CT molecular complexity index is 883. The van der Waals surface area contributed by atoms with E-state index in [1.807, 2.05) is 0 Å². The summed E-state index contributed by atoms with van der Waals surface area (Å²) < 4.78 is 44.7. The molecule has 132 valence electrons. The summed E-state index contributed by atoms with van der Waals surface area (Å²) in [6.45, 7) is 3.52. The SMILES string of the molecule is CC(C)(O)Cn1nnc2ccc(Oc3ccc(C(F)(F)F)cn3)cc21. The molecule has 0 saturated heterocycles. The summed E-state index contributed by atoms with van der Waals surface area (Å²) in [5.41, 5.74) is -0.585. The largest absolute Gasteiger partial charge is 0.439 e. The van der Waals surface area contributed by atoms with Crippen LogP contribution in [0.1, 0.15) is 19.4 Å². The molecule has 1 aromatic carbocycles. The van der Waals surface area contributed by atoms with E-state index < -0.39 is 17.3 Å². The fraction of sp³-hybridized carbons (Fsp3) is 0.312. The van der Waals surface area contributed by atoms with Gasteiger partial charge >= 0.3 is 6.18 Å². The number of alkyl halides is 3. The fourth-order valence-corrected chi connectivity index (χ4v) is 2.22. The highest BCUT2D eigenvalue weighted by Gasteiger charge is 2.30. The quantitative estimate of drug-likeness (QED) is 0.779. The molecule has 0 bridgehead atoms. The molecule has 0 aliphatic rings. The lowest BCUT2D eigenvalue weighted by atomic mass is 10.1. The number of ether oxygens (including phenoxy) is 1. The van der Waals surface area contributed by atoms with Crippen LogP contribution in [0.25, 0.3) is 11.0 Å². The number of pyridine rings is 1. The summed E-state index contributed by atoms with van der Waals surface area (Å²) in [4.78, 5) is 3.67. The van der Waals surface area contributed by atoms with Crippen molar-refractivity contribution in [2.24, 2.45) is 0 Å². The normalized spacial score (nSPS) is 12.6. The Morgan fingerprint density at radius 3 is 2.52 bits per heavy atom. The van der Waals surface area contributed by atoms with Gasteiger partial charge < -0.3 is 9.84 Å². The lowest BCUT2D eigenvalue weighted by Gasteiger charge is -2.16. The Morgan fingerprint density at radius 2 is 1.92 bits per heavy atom. The van der Waals surface area contributed by atoms with Gasteiger partial charge in [0.25, 0.3) is 0 Å². The molecule has 6 nitrogen and oxygen atoms in total. The maximum atomic E-state index is 12.5. The summed E-state index contributed by atoms with van der Waals surface area (Å²) in [5.74, 6) is 0.410. The maximum Gasteiger partial charge on any atom is 0.417 e. The van der Waals surface area contributed by atoms with Crippen molar-refractivity contribution in [2.45, 2.75) is 32.2 Å². The van der Waals surface area contributed by atoms with E-state index in [-0.39, 0.29) is 12.4 Å². The van der Waals surface area contributed by atoms with Crippen LogP contribution in [-0.4, -0.2) is 30.7 Å². The van der Waals surface area contributed by atoms with E-state index in [2.05, 4.69) is 15.3 Å². The number of benzene rings is 1. The number of hydrogen-bond donors (Lipinski definition) is 1. The smallest absolute Gasteiger partial charge is 0.417 e. The van der Waals surface area contributed by atoms with Crippen LogP contribution in [0.2, 0.25) is 0 Å². The van der Waals surface area contributed by atoms with Gasteiger partial charge in [0, 0.05) is 18.3 Å². The molecule has 3 aromatic rings. The van der Waals surface area contributed by atoms with E-state index >= 15 is 0 Å². The number of aliphatic hydroxyl groups is 1. The molecular formula is C16H15F3N4O2. The minimum Gasteiger partial charge on any atom is -0.439 e. The summed E-state index contributed by atoms with van der Waals surface area (Å²) >= 11 is 0. The van der Waals surface area contributed by atoms with Crippen LogP contribution < -0.4 is 4.74 Å². The van der Waals surface area contributed by atoms with Gasteiger partial charge in [-0.3, -0.25) is 0 Å². The van der Waals surface area contributed by atoms with E-state index in [1.54, 1.807) is 32.0 Å². The van der Waals surface area contributed by atoms with Crippen LogP contribution in [0.3, 0.4) is 0 Å². The number of aromatic nitrogens is 4. The molecular weight excluding hydrogens is 337 g/mol. The lowest BCUT2D eigenvalue weighted by molar-refractivity contribution is -0.137. The molecule has 2 aromatic heterocycles. The number of rotatable bonds is 4. The predicted octanol–water partition coefficient (Wildman–Crippen LogP) is 3.41. The first kappa shape index (κ1) is 17.2. The molecule has 0 aliphatic carbocycles. The van der Waals surface area contributed by atoms with Crippen LogP contribution in [0.5, 0.6) is 11.6 Å². The molecule has 0 unspecified atom stereocenters. The molecule has 0 amide bonds. The van der Waals surface area contributed by atoms with Crippen molar-refractivity contribution in [3.05, 3.63) is 42.1 Å². The van der Waals surface area contributed by atoms with Gasteiger partial charge in [0.1, 0.15) is 11.3 Å². The zero-order valence-corrected chi connectivity index (χ0v) is 13.4. The molecule has 3 rings (SSSR count). The second-order valence-corrected chi connectivity index (χ2v) is 6.19. The molecule has 2 heterocycles. The van der Waals surface area contributed by atoms with Gasteiger partial charge in [-0.2, -0.15) is 13.2 Å². The minimum atomic E-state index is -4.44. The van der Waals surface area contributed by atoms with E-state index in [1.165, 1.54) is 4.68 Å². The molecule has 1 N–H and O–H groups in total. The Labute approximate surface area is 140 Å². The van der Waals surface area contributed by atoms with Gasteiger partial charge in [0.15, 0.2) is 0 Å². The van der Waals surface area contributed by atoms with Crippen molar-refractivity contribution in [3.63, 3.8) is 0 Å². The molecule has 0 atom stereocenters. The van der Waals surface area contributed by atoms with Gasteiger partial charge in [-0.25, -0.2) is 9.67 Å². The lowest BCUT2D eigenvalue weighted by Crippen LogP contribution is -2.26. The van der Waals surface area contributed by atoms with E-state index in [0.29, 0.717) is 23.0 Å². The Hall–Kier alpha value is -2.68. The Balaban J connectivity index is 1.85. The second kappa shape index (κ2) is 5.99. The van der Waals surface area contributed by atoms with Crippen LogP contribution in [0.15, 0.2) is 36.5 Å².